The fraction of sp³-hybridized carbons (Fsp3) is 0.333. The van der Waals surface area contributed by atoms with Crippen LogP contribution in [0.2, 0.25) is 0 Å². The minimum absolute atomic E-state index is 0.0990. The van der Waals surface area contributed by atoms with Crippen LogP contribution >= 0.6 is 0 Å². The van der Waals surface area contributed by atoms with Gasteiger partial charge in [-0.05, 0) is 22.3 Å². The second kappa shape index (κ2) is 7.07. The van der Waals surface area contributed by atoms with Crippen molar-refractivity contribution >= 4 is 22.6 Å². The van der Waals surface area contributed by atoms with E-state index < -0.39 is 12.0 Å². The molecular formula is C18H21NO3. The van der Waals surface area contributed by atoms with Crippen molar-refractivity contribution in [2.45, 2.75) is 32.7 Å². The van der Waals surface area contributed by atoms with Crippen LogP contribution in [0.25, 0.3) is 10.8 Å². The van der Waals surface area contributed by atoms with Crippen molar-refractivity contribution in [2.24, 2.45) is 5.92 Å². The average molecular weight is 299 g/mol. The monoisotopic (exact) mass is 299 g/mol. The van der Waals surface area contributed by atoms with Crippen molar-refractivity contribution in [3.05, 3.63) is 48.0 Å². The molecule has 0 aliphatic heterocycles. The Morgan fingerprint density at radius 2 is 1.82 bits per heavy atom. The minimum Gasteiger partial charge on any atom is -0.480 e. The fourth-order valence-electron chi connectivity index (χ4n) is 2.44. The van der Waals surface area contributed by atoms with Gasteiger partial charge in [-0.1, -0.05) is 62.7 Å². The maximum Gasteiger partial charge on any atom is 0.326 e. The van der Waals surface area contributed by atoms with Crippen LogP contribution in [0.1, 0.15) is 25.8 Å². The van der Waals surface area contributed by atoms with Crippen molar-refractivity contribution in [3.63, 3.8) is 0 Å². The molecule has 0 spiro atoms. The molecule has 2 unspecified atom stereocenters. The third-order valence-electron chi connectivity index (χ3n) is 3.97. The number of benzene rings is 2. The van der Waals surface area contributed by atoms with E-state index in [1.54, 1.807) is 0 Å². The van der Waals surface area contributed by atoms with Crippen LogP contribution in [0, 0.1) is 5.92 Å². The number of hydrogen-bond acceptors (Lipinski definition) is 2. The highest BCUT2D eigenvalue weighted by molar-refractivity contribution is 5.87. The zero-order valence-electron chi connectivity index (χ0n) is 12.9. The van der Waals surface area contributed by atoms with E-state index in [1.165, 1.54) is 0 Å². The topological polar surface area (TPSA) is 66.4 Å². The highest BCUT2D eigenvalue weighted by atomic mass is 16.4. The SMILES string of the molecule is CCC(C)C(NC(=O)Cc1ccc2ccccc2c1)C(=O)O. The van der Waals surface area contributed by atoms with Gasteiger partial charge in [0.05, 0.1) is 6.42 Å². The van der Waals surface area contributed by atoms with Gasteiger partial charge >= 0.3 is 5.97 Å². The highest BCUT2D eigenvalue weighted by Gasteiger charge is 2.25. The summed E-state index contributed by atoms with van der Waals surface area (Å²) in [5, 5.41) is 14.0. The van der Waals surface area contributed by atoms with Gasteiger partial charge in [0.25, 0.3) is 0 Å². The summed E-state index contributed by atoms with van der Waals surface area (Å²) in [6.07, 6.45) is 0.887. The zero-order valence-corrected chi connectivity index (χ0v) is 12.9. The summed E-state index contributed by atoms with van der Waals surface area (Å²) in [6.45, 7) is 3.74. The van der Waals surface area contributed by atoms with Crippen LogP contribution in [-0.4, -0.2) is 23.0 Å². The summed E-state index contributed by atoms with van der Waals surface area (Å²) in [5.74, 6) is -1.35. The molecular weight excluding hydrogens is 278 g/mol. The third kappa shape index (κ3) is 3.85. The van der Waals surface area contributed by atoms with Crippen molar-refractivity contribution in [3.8, 4) is 0 Å². The molecule has 0 aliphatic rings. The van der Waals surface area contributed by atoms with E-state index >= 15 is 0 Å². The van der Waals surface area contributed by atoms with Crippen molar-refractivity contribution in [1.82, 2.24) is 5.32 Å². The number of carboxylic acid groups (broad SMARTS) is 1. The number of rotatable bonds is 6. The van der Waals surface area contributed by atoms with Crippen LogP contribution in [-0.2, 0) is 16.0 Å². The minimum atomic E-state index is -0.985. The second-order valence-corrected chi connectivity index (χ2v) is 5.63. The fourth-order valence-corrected chi connectivity index (χ4v) is 2.44. The predicted octanol–water partition coefficient (Wildman–Crippen LogP) is 3.00. The summed E-state index contributed by atoms with van der Waals surface area (Å²) < 4.78 is 0. The van der Waals surface area contributed by atoms with Gasteiger partial charge in [0.15, 0.2) is 0 Å². The molecule has 0 aromatic heterocycles. The van der Waals surface area contributed by atoms with E-state index in [9.17, 15) is 14.7 Å². The number of carbonyl (C=O) groups is 2. The van der Waals surface area contributed by atoms with E-state index in [-0.39, 0.29) is 18.2 Å². The molecule has 116 valence electrons. The van der Waals surface area contributed by atoms with E-state index in [0.717, 1.165) is 16.3 Å². The molecule has 2 aromatic carbocycles. The van der Waals surface area contributed by atoms with Gasteiger partial charge in [-0.15, -0.1) is 0 Å². The van der Waals surface area contributed by atoms with Crippen LogP contribution < -0.4 is 5.32 Å². The normalized spacial score (nSPS) is 13.5. The van der Waals surface area contributed by atoms with Gasteiger partial charge < -0.3 is 10.4 Å². The Hall–Kier alpha value is -2.36. The molecule has 4 nitrogen and oxygen atoms in total. The number of carboxylic acids is 1. The lowest BCUT2D eigenvalue weighted by Crippen LogP contribution is -2.45. The lowest BCUT2D eigenvalue weighted by Gasteiger charge is -2.20. The predicted molar refractivity (Wildman–Crippen MR) is 86.7 cm³/mol. The first-order chi connectivity index (χ1) is 10.5. The Morgan fingerprint density at radius 3 is 2.45 bits per heavy atom. The Bertz CT molecular complexity index is 681. The molecule has 2 rings (SSSR count). The highest BCUT2D eigenvalue weighted by Crippen LogP contribution is 2.16. The van der Waals surface area contributed by atoms with Crippen LogP contribution in [0.15, 0.2) is 42.5 Å². The molecule has 0 radical (unpaired) electrons. The molecule has 22 heavy (non-hydrogen) atoms. The zero-order chi connectivity index (χ0) is 16.1. The summed E-state index contributed by atoms with van der Waals surface area (Å²) in [6, 6.07) is 12.9. The molecule has 2 N–H and O–H groups in total. The maximum absolute atomic E-state index is 12.1. The van der Waals surface area contributed by atoms with Gasteiger partial charge in [0.1, 0.15) is 6.04 Å². The van der Waals surface area contributed by atoms with Gasteiger partial charge in [-0.3, -0.25) is 4.79 Å². The number of aliphatic carboxylic acids is 1. The van der Waals surface area contributed by atoms with E-state index in [1.807, 2.05) is 56.3 Å². The summed E-state index contributed by atoms with van der Waals surface area (Å²) in [7, 11) is 0. The Balaban J connectivity index is 2.08. The van der Waals surface area contributed by atoms with Gasteiger partial charge in [0.2, 0.25) is 5.91 Å². The second-order valence-electron chi connectivity index (χ2n) is 5.63. The molecule has 1 amide bonds. The lowest BCUT2D eigenvalue weighted by atomic mass is 9.98. The maximum atomic E-state index is 12.1. The first-order valence-electron chi connectivity index (χ1n) is 7.51. The quantitative estimate of drug-likeness (QED) is 0.861. The summed E-state index contributed by atoms with van der Waals surface area (Å²) >= 11 is 0. The number of carbonyl (C=O) groups excluding carboxylic acids is 1. The molecule has 2 atom stereocenters. The lowest BCUT2D eigenvalue weighted by molar-refractivity contribution is -0.143. The van der Waals surface area contributed by atoms with Crippen molar-refractivity contribution in [2.75, 3.05) is 0 Å². The van der Waals surface area contributed by atoms with Crippen LogP contribution in [0.4, 0.5) is 0 Å². The Morgan fingerprint density at radius 1 is 1.14 bits per heavy atom. The van der Waals surface area contributed by atoms with Crippen molar-refractivity contribution < 1.29 is 14.7 Å². The molecule has 4 heteroatoms. The molecule has 0 saturated carbocycles. The van der Waals surface area contributed by atoms with Gasteiger partial charge in [-0.25, -0.2) is 4.79 Å². The molecule has 2 aromatic rings. The van der Waals surface area contributed by atoms with E-state index in [4.69, 9.17) is 0 Å². The average Bonchev–Trinajstić information content (AvgIpc) is 2.51. The molecule has 0 heterocycles. The smallest absolute Gasteiger partial charge is 0.326 e. The third-order valence-corrected chi connectivity index (χ3v) is 3.97. The molecule has 0 aliphatic carbocycles. The first-order valence-corrected chi connectivity index (χ1v) is 7.51. The number of amides is 1. The standard InChI is InChI=1S/C18H21NO3/c1-3-12(2)17(18(21)22)19-16(20)11-13-8-9-14-6-4-5-7-15(14)10-13/h4-10,12,17H,3,11H2,1-2H3,(H,19,20)(H,21,22). The molecule has 0 bridgehead atoms. The Kier molecular flexibility index (Phi) is 5.15. The van der Waals surface area contributed by atoms with E-state index in [0.29, 0.717) is 6.42 Å². The molecule has 0 fully saturated rings. The number of fused-ring (bicyclic) bond motifs is 1. The largest absolute Gasteiger partial charge is 0.480 e. The number of hydrogen-bond donors (Lipinski definition) is 2. The first kappa shape index (κ1) is 16.0. The molecule has 0 saturated heterocycles. The summed E-state index contributed by atoms with van der Waals surface area (Å²) in [4.78, 5) is 23.4. The van der Waals surface area contributed by atoms with Crippen molar-refractivity contribution in [1.29, 1.82) is 0 Å². The summed E-state index contributed by atoms with van der Waals surface area (Å²) in [5.41, 5.74) is 0.879. The van der Waals surface area contributed by atoms with Crippen LogP contribution in [0.5, 0.6) is 0 Å². The number of nitrogens with one attached hydrogen (secondary N) is 1. The van der Waals surface area contributed by atoms with E-state index in [2.05, 4.69) is 5.32 Å². The van der Waals surface area contributed by atoms with Crippen LogP contribution in [0.3, 0.4) is 0 Å². The Labute approximate surface area is 130 Å². The van der Waals surface area contributed by atoms with Gasteiger partial charge in [-0.2, -0.15) is 0 Å². The van der Waals surface area contributed by atoms with Gasteiger partial charge in [0, 0.05) is 0 Å².